The molecule has 228 valence electrons. The molecule has 0 unspecified atom stereocenters. The molecule has 0 aliphatic carbocycles. The Bertz CT molecular complexity index is 2790. The summed E-state index contributed by atoms with van der Waals surface area (Å²) >= 11 is 14.8. The van der Waals surface area contributed by atoms with Gasteiger partial charge in [-0.3, -0.25) is 0 Å². The number of nitrogens with zero attached hydrogens (tertiary/aromatic N) is 1. The standard InChI is InChI=1S/C42H23BrClNOS2/c43-33-20-24(27-11-7-13-36-41(27)32-10-1-4-12-35(32)46-36)21-34(42(33)44)45(25-16-18-30-28-8-2-5-14-37(28)47-39(30)22-25)26-17-19-31-29-9-3-6-15-38(29)48-40(31)23-26/h1-23H. The minimum Gasteiger partial charge on any atom is -0.456 e. The van der Waals surface area contributed by atoms with Crippen LogP contribution in [-0.2, 0) is 0 Å². The molecular formula is C42H23BrClNOS2. The van der Waals surface area contributed by atoms with E-state index in [0.29, 0.717) is 5.02 Å². The van der Waals surface area contributed by atoms with Crippen LogP contribution in [0.4, 0.5) is 17.1 Å². The van der Waals surface area contributed by atoms with E-state index in [9.17, 15) is 0 Å². The van der Waals surface area contributed by atoms with Crippen LogP contribution in [-0.4, -0.2) is 0 Å². The average Bonchev–Trinajstić information content (AvgIpc) is 3.80. The minimum absolute atomic E-state index is 0.649. The number of rotatable bonds is 4. The summed E-state index contributed by atoms with van der Waals surface area (Å²) in [6.45, 7) is 0. The molecule has 0 saturated carbocycles. The van der Waals surface area contributed by atoms with Gasteiger partial charge in [0.25, 0.3) is 0 Å². The topological polar surface area (TPSA) is 16.4 Å². The highest BCUT2D eigenvalue weighted by molar-refractivity contribution is 9.10. The maximum absolute atomic E-state index is 7.30. The van der Waals surface area contributed by atoms with Crippen molar-refractivity contribution in [2.45, 2.75) is 0 Å². The molecular weight excluding hydrogens is 714 g/mol. The lowest BCUT2D eigenvalue weighted by atomic mass is 9.98. The van der Waals surface area contributed by atoms with Crippen LogP contribution in [0.5, 0.6) is 0 Å². The minimum atomic E-state index is 0.649. The molecule has 0 aliphatic heterocycles. The Hall–Kier alpha value is -4.65. The first-order valence-electron chi connectivity index (χ1n) is 15.6. The van der Waals surface area contributed by atoms with Crippen LogP contribution in [0, 0.1) is 0 Å². The lowest BCUT2D eigenvalue weighted by molar-refractivity contribution is 0.669. The lowest BCUT2D eigenvalue weighted by Crippen LogP contribution is -2.11. The highest BCUT2D eigenvalue weighted by atomic mass is 79.9. The zero-order valence-electron chi connectivity index (χ0n) is 25.2. The molecule has 0 radical (unpaired) electrons. The first-order chi connectivity index (χ1) is 23.6. The first kappa shape index (κ1) is 28.4. The van der Waals surface area contributed by atoms with Crippen LogP contribution in [0.3, 0.4) is 0 Å². The Kier molecular flexibility index (Phi) is 6.47. The molecule has 0 atom stereocenters. The number of halogens is 2. The summed E-state index contributed by atoms with van der Waals surface area (Å²) in [5, 5.41) is 7.93. The summed E-state index contributed by atoms with van der Waals surface area (Å²) in [5.74, 6) is 0. The van der Waals surface area contributed by atoms with Gasteiger partial charge in [-0.15, -0.1) is 22.7 Å². The molecule has 7 aromatic carbocycles. The summed E-state index contributed by atoms with van der Waals surface area (Å²) < 4.78 is 12.1. The van der Waals surface area contributed by atoms with E-state index in [4.69, 9.17) is 16.0 Å². The van der Waals surface area contributed by atoms with Crippen molar-refractivity contribution in [2.24, 2.45) is 0 Å². The number of benzene rings is 7. The van der Waals surface area contributed by atoms with Crippen molar-refractivity contribution in [1.29, 1.82) is 0 Å². The molecule has 0 spiro atoms. The molecule has 0 fully saturated rings. The zero-order chi connectivity index (χ0) is 31.9. The van der Waals surface area contributed by atoms with Gasteiger partial charge in [-0.05, 0) is 87.7 Å². The SMILES string of the molecule is Clc1c(Br)cc(-c2cccc3oc4ccccc4c23)cc1N(c1ccc2c(c1)sc1ccccc12)c1ccc2c(c1)sc1ccccc12. The van der Waals surface area contributed by atoms with Gasteiger partial charge >= 0.3 is 0 Å². The molecule has 0 N–H and O–H groups in total. The van der Waals surface area contributed by atoms with Crippen LogP contribution in [0.1, 0.15) is 0 Å². The molecule has 0 aliphatic rings. The molecule has 3 heterocycles. The summed E-state index contributed by atoms with van der Waals surface area (Å²) in [5.41, 5.74) is 6.88. The van der Waals surface area contributed by atoms with Gasteiger partial charge in [0, 0.05) is 67.0 Å². The maximum Gasteiger partial charge on any atom is 0.136 e. The summed E-state index contributed by atoms with van der Waals surface area (Å²) in [4.78, 5) is 2.30. The predicted molar refractivity (Wildman–Crippen MR) is 212 cm³/mol. The number of anilines is 3. The fourth-order valence-corrected chi connectivity index (χ4v) is 9.96. The third-order valence-electron chi connectivity index (χ3n) is 9.20. The molecule has 0 saturated heterocycles. The maximum atomic E-state index is 7.30. The molecule has 10 rings (SSSR count). The smallest absolute Gasteiger partial charge is 0.136 e. The third-order valence-corrected chi connectivity index (χ3v) is 12.7. The van der Waals surface area contributed by atoms with Crippen molar-refractivity contribution in [1.82, 2.24) is 0 Å². The fourth-order valence-electron chi connectivity index (χ4n) is 7.04. The molecule has 3 aromatic heterocycles. The quantitative estimate of drug-likeness (QED) is 0.179. The van der Waals surface area contributed by atoms with Crippen molar-refractivity contribution < 1.29 is 4.42 Å². The Morgan fingerprint density at radius 1 is 0.521 bits per heavy atom. The van der Waals surface area contributed by atoms with E-state index >= 15 is 0 Å². The third kappa shape index (κ3) is 4.35. The van der Waals surface area contributed by atoms with E-state index < -0.39 is 0 Å². The number of thiophene rings is 2. The Labute approximate surface area is 297 Å². The highest BCUT2D eigenvalue weighted by Gasteiger charge is 2.22. The van der Waals surface area contributed by atoms with Gasteiger partial charge < -0.3 is 9.32 Å². The van der Waals surface area contributed by atoms with E-state index in [0.717, 1.165) is 54.6 Å². The average molecular weight is 737 g/mol. The van der Waals surface area contributed by atoms with E-state index in [1.165, 1.54) is 40.3 Å². The van der Waals surface area contributed by atoms with Crippen molar-refractivity contribution in [3.05, 3.63) is 149 Å². The number of para-hydroxylation sites is 1. The summed E-state index contributed by atoms with van der Waals surface area (Å²) in [6.07, 6.45) is 0. The van der Waals surface area contributed by atoms with Gasteiger partial charge in [0.05, 0.1) is 10.7 Å². The van der Waals surface area contributed by atoms with Crippen molar-refractivity contribution in [3.63, 3.8) is 0 Å². The van der Waals surface area contributed by atoms with Crippen LogP contribution < -0.4 is 4.90 Å². The first-order valence-corrected chi connectivity index (χ1v) is 18.4. The normalized spacial score (nSPS) is 12.0. The molecule has 2 nitrogen and oxygen atoms in total. The number of hydrogen-bond donors (Lipinski definition) is 0. The molecule has 6 heteroatoms. The van der Waals surface area contributed by atoms with Crippen molar-refractivity contribution in [2.75, 3.05) is 4.90 Å². The van der Waals surface area contributed by atoms with Crippen LogP contribution >= 0.6 is 50.2 Å². The van der Waals surface area contributed by atoms with Gasteiger partial charge in [-0.25, -0.2) is 0 Å². The van der Waals surface area contributed by atoms with Crippen LogP contribution in [0.15, 0.2) is 148 Å². The van der Waals surface area contributed by atoms with Crippen LogP contribution in [0.25, 0.3) is 73.4 Å². The second-order valence-corrected chi connectivity index (χ2v) is 15.4. The molecule has 0 bridgehead atoms. The number of hydrogen-bond acceptors (Lipinski definition) is 4. The Morgan fingerprint density at radius 3 is 1.75 bits per heavy atom. The molecule has 10 aromatic rings. The largest absolute Gasteiger partial charge is 0.456 e. The van der Waals surface area contributed by atoms with Gasteiger partial charge in [0.2, 0.25) is 0 Å². The van der Waals surface area contributed by atoms with Gasteiger partial charge in [-0.1, -0.05) is 90.5 Å². The monoisotopic (exact) mass is 735 g/mol. The van der Waals surface area contributed by atoms with Crippen LogP contribution in [0.2, 0.25) is 5.02 Å². The van der Waals surface area contributed by atoms with E-state index in [2.05, 4.69) is 142 Å². The van der Waals surface area contributed by atoms with E-state index in [1.807, 2.05) is 40.9 Å². The zero-order valence-corrected chi connectivity index (χ0v) is 29.2. The number of fused-ring (bicyclic) bond motifs is 9. The second-order valence-electron chi connectivity index (χ2n) is 12.0. The summed E-state index contributed by atoms with van der Waals surface area (Å²) in [7, 11) is 0. The lowest BCUT2D eigenvalue weighted by Gasteiger charge is -2.28. The van der Waals surface area contributed by atoms with Gasteiger partial charge in [-0.2, -0.15) is 0 Å². The van der Waals surface area contributed by atoms with Gasteiger partial charge in [0.15, 0.2) is 0 Å². The molecule has 0 amide bonds. The van der Waals surface area contributed by atoms with E-state index in [-0.39, 0.29) is 0 Å². The van der Waals surface area contributed by atoms with Gasteiger partial charge in [0.1, 0.15) is 11.2 Å². The second kappa shape index (κ2) is 10.9. The predicted octanol–water partition coefficient (Wildman–Crippen LogP) is 14.9. The Morgan fingerprint density at radius 2 is 1.08 bits per heavy atom. The number of furan rings is 1. The highest BCUT2D eigenvalue weighted by Crippen LogP contribution is 2.48. The molecule has 48 heavy (non-hydrogen) atoms. The van der Waals surface area contributed by atoms with Crippen molar-refractivity contribution >= 4 is 130 Å². The summed E-state index contributed by atoms with van der Waals surface area (Å²) in [6, 6.07) is 49.6. The van der Waals surface area contributed by atoms with E-state index in [1.54, 1.807) is 0 Å². The Balaban J connectivity index is 1.24. The van der Waals surface area contributed by atoms with Crippen molar-refractivity contribution in [3.8, 4) is 11.1 Å². The fraction of sp³-hybridized carbons (Fsp3) is 0.